The Morgan fingerprint density at radius 3 is 2.70 bits per heavy atom. The van der Waals surface area contributed by atoms with Gasteiger partial charge in [-0.15, -0.1) is 0 Å². The molecule has 0 aliphatic carbocycles. The van der Waals surface area contributed by atoms with E-state index in [4.69, 9.17) is 15.0 Å². The summed E-state index contributed by atoms with van der Waals surface area (Å²) in [5.41, 5.74) is 7.63. The number of methoxy groups -OCH3 is 1. The Bertz CT molecular complexity index is 724. The third kappa shape index (κ3) is 2.28. The first-order valence-corrected chi connectivity index (χ1v) is 5.82. The molecule has 2 aromatic heterocycles. The Balaban J connectivity index is 1.95. The average Bonchev–Trinajstić information content (AvgIpc) is 2.98. The average molecular weight is 269 g/mol. The van der Waals surface area contributed by atoms with Crippen LogP contribution in [-0.2, 0) is 0 Å². The fourth-order valence-electron chi connectivity index (χ4n) is 1.64. The van der Waals surface area contributed by atoms with Crippen LogP contribution < -0.4 is 10.5 Å². The molecule has 20 heavy (non-hydrogen) atoms. The summed E-state index contributed by atoms with van der Waals surface area (Å²) in [4.78, 5) is 12.3. The van der Waals surface area contributed by atoms with Gasteiger partial charge in [0.25, 0.3) is 5.89 Å². The third-order valence-electron chi connectivity index (χ3n) is 2.66. The zero-order chi connectivity index (χ0) is 13.9. The van der Waals surface area contributed by atoms with Crippen molar-refractivity contribution < 1.29 is 9.26 Å². The molecular weight excluding hydrogens is 258 g/mol. The largest absolute Gasteiger partial charge is 0.481 e. The first-order chi connectivity index (χ1) is 9.76. The Labute approximate surface area is 114 Å². The maximum Gasteiger partial charge on any atom is 0.258 e. The molecule has 7 heteroatoms. The number of hydrogen-bond acceptors (Lipinski definition) is 7. The van der Waals surface area contributed by atoms with Gasteiger partial charge in [-0.3, -0.25) is 0 Å². The molecule has 0 bridgehead atoms. The van der Waals surface area contributed by atoms with E-state index in [0.717, 1.165) is 5.56 Å². The lowest BCUT2D eigenvalue weighted by atomic mass is 10.2. The van der Waals surface area contributed by atoms with E-state index in [1.54, 1.807) is 18.2 Å². The second-order valence-corrected chi connectivity index (χ2v) is 3.99. The fourth-order valence-corrected chi connectivity index (χ4v) is 1.64. The molecule has 0 saturated carbocycles. The number of nitrogens with zero attached hydrogens (tertiary/aromatic N) is 4. The van der Waals surface area contributed by atoms with Crippen molar-refractivity contribution in [2.45, 2.75) is 0 Å². The minimum atomic E-state index is 0.373. The van der Waals surface area contributed by atoms with Crippen LogP contribution in [0.2, 0.25) is 0 Å². The maximum atomic E-state index is 5.64. The van der Waals surface area contributed by atoms with Crippen molar-refractivity contribution in [3.8, 4) is 28.9 Å². The highest BCUT2D eigenvalue weighted by Crippen LogP contribution is 2.22. The standard InChI is InChI=1S/C13H11N5O2/c1-19-11-6-10(15-7-16-11)12-17-13(20-18-12)8-2-4-9(14)5-3-8/h2-7H,14H2,1H3. The molecule has 3 rings (SSSR count). The number of aromatic nitrogens is 4. The summed E-state index contributed by atoms with van der Waals surface area (Å²) in [5, 5.41) is 3.90. The summed E-state index contributed by atoms with van der Waals surface area (Å²) in [7, 11) is 1.53. The van der Waals surface area contributed by atoms with Crippen LogP contribution >= 0.6 is 0 Å². The summed E-state index contributed by atoms with van der Waals surface area (Å²) in [6.45, 7) is 0. The molecule has 2 heterocycles. The Hall–Kier alpha value is -2.96. The zero-order valence-corrected chi connectivity index (χ0v) is 10.6. The second kappa shape index (κ2) is 4.96. The molecule has 0 unspecified atom stereocenters. The molecular formula is C13H11N5O2. The molecule has 0 aliphatic heterocycles. The molecule has 0 spiro atoms. The first kappa shape index (κ1) is 12.1. The van der Waals surface area contributed by atoms with Crippen molar-refractivity contribution >= 4 is 5.69 Å². The molecule has 0 saturated heterocycles. The molecule has 100 valence electrons. The zero-order valence-electron chi connectivity index (χ0n) is 10.6. The van der Waals surface area contributed by atoms with Gasteiger partial charge in [-0.05, 0) is 24.3 Å². The monoisotopic (exact) mass is 269 g/mol. The van der Waals surface area contributed by atoms with Crippen molar-refractivity contribution in [2.75, 3.05) is 12.8 Å². The van der Waals surface area contributed by atoms with Crippen molar-refractivity contribution in [2.24, 2.45) is 0 Å². The number of ether oxygens (including phenoxy) is 1. The van der Waals surface area contributed by atoms with Gasteiger partial charge in [0, 0.05) is 17.3 Å². The highest BCUT2D eigenvalue weighted by atomic mass is 16.5. The molecule has 0 aliphatic rings. The molecule has 0 radical (unpaired) electrons. The van der Waals surface area contributed by atoms with E-state index in [-0.39, 0.29) is 0 Å². The Morgan fingerprint density at radius 1 is 1.15 bits per heavy atom. The van der Waals surface area contributed by atoms with Crippen molar-refractivity contribution in [1.29, 1.82) is 0 Å². The van der Waals surface area contributed by atoms with Crippen LogP contribution in [0.3, 0.4) is 0 Å². The first-order valence-electron chi connectivity index (χ1n) is 5.82. The molecule has 0 fully saturated rings. The van der Waals surface area contributed by atoms with E-state index in [0.29, 0.717) is 29.0 Å². The lowest BCUT2D eigenvalue weighted by molar-refractivity contribution is 0.397. The lowest BCUT2D eigenvalue weighted by Crippen LogP contribution is -1.91. The smallest absolute Gasteiger partial charge is 0.258 e. The van der Waals surface area contributed by atoms with E-state index < -0.39 is 0 Å². The predicted octanol–water partition coefficient (Wildman–Crippen LogP) is 1.78. The molecule has 0 atom stereocenters. The maximum absolute atomic E-state index is 5.64. The van der Waals surface area contributed by atoms with Crippen LogP contribution in [0.5, 0.6) is 5.88 Å². The normalized spacial score (nSPS) is 10.4. The number of anilines is 1. The van der Waals surface area contributed by atoms with Gasteiger partial charge >= 0.3 is 0 Å². The van der Waals surface area contributed by atoms with Gasteiger partial charge in [0.1, 0.15) is 12.0 Å². The van der Waals surface area contributed by atoms with E-state index in [1.807, 2.05) is 12.1 Å². The minimum absolute atomic E-state index is 0.373. The van der Waals surface area contributed by atoms with Gasteiger partial charge < -0.3 is 15.0 Å². The van der Waals surface area contributed by atoms with Crippen LogP contribution in [0.25, 0.3) is 23.0 Å². The van der Waals surface area contributed by atoms with Gasteiger partial charge in [0.05, 0.1) is 7.11 Å². The van der Waals surface area contributed by atoms with E-state index in [9.17, 15) is 0 Å². The van der Waals surface area contributed by atoms with Crippen LogP contribution in [0.15, 0.2) is 41.2 Å². The summed E-state index contributed by atoms with van der Waals surface area (Å²) in [6.07, 6.45) is 1.38. The summed E-state index contributed by atoms with van der Waals surface area (Å²) in [5.74, 6) is 1.21. The molecule has 7 nitrogen and oxygen atoms in total. The van der Waals surface area contributed by atoms with E-state index >= 15 is 0 Å². The molecule has 2 N–H and O–H groups in total. The SMILES string of the molecule is COc1cc(-c2noc(-c3ccc(N)cc3)n2)ncn1. The Kier molecular flexibility index (Phi) is 3.00. The van der Waals surface area contributed by atoms with Crippen LogP contribution in [-0.4, -0.2) is 27.2 Å². The number of hydrogen-bond donors (Lipinski definition) is 1. The topological polar surface area (TPSA) is 100.0 Å². The third-order valence-corrected chi connectivity index (χ3v) is 2.66. The van der Waals surface area contributed by atoms with Crippen LogP contribution in [0, 0.1) is 0 Å². The molecule has 1 aromatic carbocycles. The Morgan fingerprint density at radius 2 is 1.95 bits per heavy atom. The van der Waals surface area contributed by atoms with Crippen molar-refractivity contribution in [3.05, 3.63) is 36.7 Å². The molecule has 3 aromatic rings. The van der Waals surface area contributed by atoms with Gasteiger partial charge in [-0.1, -0.05) is 5.16 Å². The number of nitrogens with two attached hydrogens (primary N) is 1. The highest BCUT2D eigenvalue weighted by molar-refractivity contribution is 5.60. The van der Waals surface area contributed by atoms with Gasteiger partial charge in [0.2, 0.25) is 11.7 Å². The number of nitrogen functional groups attached to an aromatic ring is 1. The number of benzene rings is 1. The van der Waals surface area contributed by atoms with Crippen molar-refractivity contribution in [1.82, 2.24) is 20.1 Å². The van der Waals surface area contributed by atoms with E-state index in [1.165, 1.54) is 13.4 Å². The van der Waals surface area contributed by atoms with Gasteiger partial charge in [-0.25, -0.2) is 9.97 Å². The second-order valence-electron chi connectivity index (χ2n) is 3.99. The van der Waals surface area contributed by atoms with Crippen molar-refractivity contribution in [3.63, 3.8) is 0 Å². The predicted molar refractivity (Wildman–Crippen MR) is 71.7 cm³/mol. The number of rotatable bonds is 3. The van der Waals surface area contributed by atoms with Gasteiger partial charge in [0.15, 0.2) is 0 Å². The van der Waals surface area contributed by atoms with Crippen LogP contribution in [0.1, 0.15) is 0 Å². The highest BCUT2D eigenvalue weighted by Gasteiger charge is 2.12. The summed E-state index contributed by atoms with van der Waals surface area (Å²) in [6, 6.07) is 8.80. The summed E-state index contributed by atoms with van der Waals surface area (Å²) < 4.78 is 10.2. The van der Waals surface area contributed by atoms with Crippen LogP contribution in [0.4, 0.5) is 5.69 Å². The minimum Gasteiger partial charge on any atom is -0.481 e. The fraction of sp³-hybridized carbons (Fsp3) is 0.0769. The summed E-state index contributed by atoms with van der Waals surface area (Å²) >= 11 is 0. The molecule has 0 amide bonds. The van der Waals surface area contributed by atoms with E-state index in [2.05, 4.69) is 20.1 Å². The lowest BCUT2D eigenvalue weighted by Gasteiger charge is -1.97. The quantitative estimate of drug-likeness (QED) is 0.723. The van der Waals surface area contributed by atoms with Gasteiger partial charge in [-0.2, -0.15) is 4.98 Å².